The van der Waals surface area contributed by atoms with Gasteiger partial charge in [0.05, 0.1) is 5.60 Å². The van der Waals surface area contributed by atoms with E-state index < -0.39 is 5.60 Å². The van der Waals surface area contributed by atoms with Gasteiger partial charge in [0.2, 0.25) is 0 Å². The number of anilines is 1. The predicted molar refractivity (Wildman–Crippen MR) is 81.1 cm³/mol. The molecule has 0 fully saturated rings. The zero-order chi connectivity index (χ0) is 13.2. The Morgan fingerprint density at radius 2 is 1.94 bits per heavy atom. The molecule has 0 aliphatic carbocycles. The number of nitrogens with two attached hydrogens (primary N) is 1. The standard InChI is InChI=1S/C14H15IN2O/c1-14(18,11-2-4-12(15)5-3-11)8-10-9-17-7-6-13(10)16/h2-7,9,18H,8H2,1H3,(H2,16,17). The Labute approximate surface area is 120 Å². The Hall–Kier alpha value is -1.14. The number of halogens is 1. The molecule has 0 saturated carbocycles. The molecule has 0 bridgehead atoms. The first kappa shape index (κ1) is 13.3. The second-order valence-corrected chi connectivity index (χ2v) is 5.78. The zero-order valence-corrected chi connectivity index (χ0v) is 12.3. The van der Waals surface area contributed by atoms with E-state index in [0.717, 1.165) is 14.7 Å². The van der Waals surface area contributed by atoms with Crippen molar-refractivity contribution in [3.05, 3.63) is 57.4 Å². The lowest BCUT2D eigenvalue weighted by Gasteiger charge is -2.24. The van der Waals surface area contributed by atoms with Crippen molar-refractivity contribution in [2.45, 2.75) is 18.9 Å². The molecule has 0 spiro atoms. The maximum Gasteiger partial charge on any atom is 0.0910 e. The van der Waals surface area contributed by atoms with E-state index in [-0.39, 0.29) is 0 Å². The summed E-state index contributed by atoms with van der Waals surface area (Å²) in [5.41, 5.74) is 7.34. The molecule has 0 amide bonds. The fourth-order valence-electron chi connectivity index (χ4n) is 1.87. The van der Waals surface area contributed by atoms with Crippen molar-refractivity contribution in [3.63, 3.8) is 0 Å². The number of benzene rings is 1. The fraction of sp³-hybridized carbons (Fsp3) is 0.214. The second-order valence-electron chi connectivity index (χ2n) is 4.53. The number of hydrogen-bond acceptors (Lipinski definition) is 3. The van der Waals surface area contributed by atoms with Gasteiger partial charge < -0.3 is 10.8 Å². The van der Waals surface area contributed by atoms with E-state index in [2.05, 4.69) is 27.6 Å². The van der Waals surface area contributed by atoms with E-state index in [1.54, 1.807) is 25.4 Å². The number of nitrogens with zero attached hydrogens (tertiary/aromatic N) is 1. The minimum Gasteiger partial charge on any atom is -0.398 e. The molecule has 2 aromatic rings. The van der Waals surface area contributed by atoms with Gasteiger partial charge in [-0.25, -0.2) is 0 Å². The van der Waals surface area contributed by atoms with Crippen LogP contribution >= 0.6 is 22.6 Å². The highest BCUT2D eigenvalue weighted by Crippen LogP contribution is 2.27. The molecule has 0 aliphatic heterocycles. The van der Waals surface area contributed by atoms with Gasteiger partial charge >= 0.3 is 0 Å². The second kappa shape index (κ2) is 5.24. The predicted octanol–water partition coefficient (Wildman–Crippen LogP) is 2.72. The van der Waals surface area contributed by atoms with E-state index in [9.17, 15) is 5.11 Å². The maximum absolute atomic E-state index is 10.6. The minimum absolute atomic E-state index is 0.452. The van der Waals surface area contributed by atoms with Crippen LogP contribution in [0.4, 0.5) is 5.69 Å². The van der Waals surface area contributed by atoms with Crippen LogP contribution in [0.1, 0.15) is 18.1 Å². The van der Waals surface area contributed by atoms with Gasteiger partial charge in [-0.3, -0.25) is 4.98 Å². The first-order chi connectivity index (χ1) is 8.49. The van der Waals surface area contributed by atoms with Gasteiger partial charge in [0.15, 0.2) is 0 Å². The summed E-state index contributed by atoms with van der Waals surface area (Å²) in [5.74, 6) is 0. The Balaban J connectivity index is 2.27. The van der Waals surface area contributed by atoms with Gasteiger partial charge in [-0.2, -0.15) is 0 Å². The van der Waals surface area contributed by atoms with E-state index in [1.807, 2.05) is 24.3 Å². The summed E-state index contributed by atoms with van der Waals surface area (Å²) < 4.78 is 1.15. The van der Waals surface area contributed by atoms with E-state index in [1.165, 1.54) is 0 Å². The molecular weight excluding hydrogens is 339 g/mol. The lowest BCUT2D eigenvalue weighted by molar-refractivity contribution is 0.0577. The molecule has 2 rings (SSSR count). The summed E-state index contributed by atoms with van der Waals surface area (Å²) in [4.78, 5) is 4.05. The Bertz CT molecular complexity index is 538. The van der Waals surface area contributed by atoms with Crippen LogP contribution in [0.15, 0.2) is 42.7 Å². The smallest absolute Gasteiger partial charge is 0.0910 e. The molecule has 0 aliphatic rings. The summed E-state index contributed by atoms with van der Waals surface area (Å²) in [6, 6.07) is 9.59. The van der Waals surface area contributed by atoms with E-state index >= 15 is 0 Å². The topological polar surface area (TPSA) is 59.1 Å². The monoisotopic (exact) mass is 354 g/mol. The van der Waals surface area contributed by atoms with Gasteiger partial charge in [0.1, 0.15) is 0 Å². The van der Waals surface area contributed by atoms with Crippen LogP contribution in [-0.4, -0.2) is 10.1 Å². The third-order valence-electron chi connectivity index (χ3n) is 2.94. The lowest BCUT2D eigenvalue weighted by atomic mass is 9.89. The summed E-state index contributed by atoms with van der Waals surface area (Å²) >= 11 is 2.24. The molecule has 0 saturated heterocycles. The molecule has 18 heavy (non-hydrogen) atoms. The van der Waals surface area contributed by atoms with Crippen LogP contribution in [0.3, 0.4) is 0 Å². The van der Waals surface area contributed by atoms with Crippen molar-refractivity contribution in [1.29, 1.82) is 0 Å². The van der Waals surface area contributed by atoms with Crippen molar-refractivity contribution in [2.24, 2.45) is 0 Å². The van der Waals surface area contributed by atoms with Crippen LogP contribution in [0.25, 0.3) is 0 Å². The zero-order valence-electron chi connectivity index (χ0n) is 10.1. The number of pyridine rings is 1. The van der Waals surface area contributed by atoms with Crippen LogP contribution in [0.5, 0.6) is 0 Å². The van der Waals surface area contributed by atoms with Crippen LogP contribution in [0, 0.1) is 3.57 Å². The number of aromatic nitrogens is 1. The summed E-state index contributed by atoms with van der Waals surface area (Å²) in [5, 5.41) is 10.6. The van der Waals surface area contributed by atoms with Crippen molar-refractivity contribution < 1.29 is 5.11 Å². The quantitative estimate of drug-likeness (QED) is 0.834. The molecule has 1 heterocycles. The molecule has 3 nitrogen and oxygen atoms in total. The summed E-state index contributed by atoms with van der Waals surface area (Å²) in [7, 11) is 0. The van der Waals surface area contributed by atoms with Crippen molar-refractivity contribution >= 4 is 28.3 Å². The molecule has 94 valence electrons. The van der Waals surface area contributed by atoms with Crippen LogP contribution in [0.2, 0.25) is 0 Å². The highest BCUT2D eigenvalue weighted by Gasteiger charge is 2.24. The molecule has 1 atom stereocenters. The molecule has 1 unspecified atom stereocenters. The van der Waals surface area contributed by atoms with Crippen molar-refractivity contribution in [2.75, 3.05) is 5.73 Å². The van der Waals surface area contributed by atoms with Crippen molar-refractivity contribution in [1.82, 2.24) is 4.98 Å². The molecule has 1 aromatic carbocycles. The first-order valence-corrected chi connectivity index (χ1v) is 6.74. The summed E-state index contributed by atoms with van der Waals surface area (Å²) in [6.07, 6.45) is 3.81. The number of rotatable bonds is 3. The van der Waals surface area contributed by atoms with Gasteiger partial charge in [0.25, 0.3) is 0 Å². The fourth-order valence-corrected chi connectivity index (χ4v) is 2.23. The molecular formula is C14H15IN2O. The van der Waals surface area contributed by atoms with Crippen LogP contribution in [-0.2, 0) is 12.0 Å². The number of hydrogen-bond donors (Lipinski definition) is 2. The normalized spacial score (nSPS) is 14.2. The third kappa shape index (κ3) is 3.00. The number of aliphatic hydroxyl groups is 1. The molecule has 0 radical (unpaired) electrons. The van der Waals surface area contributed by atoms with Gasteiger partial charge in [0, 0.05) is 28.1 Å². The SMILES string of the molecule is CC(O)(Cc1cnccc1N)c1ccc(I)cc1. The van der Waals surface area contributed by atoms with Gasteiger partial charge in [-0.1, -0.05) is 12.1 Å². The van der Waals surface area contributed by atoms with Gasteiger partial charge in [-0.05, 0) is 58.8 Å². The minimum atomic E-state index is -0.943. The lowest BCUT2D eigenvalue weighted by Crippen LogP contribution is -2.24. The average molecular weight is 354 g/mol. The largest absolute Gasteiger partial charge is 0.398 e. The average Bonchev–Trinajstić information content (AvgIpc) is 2.32. The highest BCUT2D eigenvalue weighted by molar-refractivity contribution is 14.1. The van der Waals surface area contributed by atoms with E-state index in [0.29, 0.717) is 12.1 Å². The molecule has 3 N–H and O–H groups in total. The Morgan fingerprint density at radius 3 is 2.56 bits per heavy atom. The third-order valence-corrected chi connectivity index (χ3v) is 3.66. The summed E-state index contributed by atoms with van der Waals surface area (Å²) in [6.45, 7) is 1.79. The first-order valence-electron chi connectivity index (χ1n) is 5.66. The van der Waals surface area contributed by atoms with Gasteiger partial charge in [-0.15, -0.1) is 0 Å². The molecule has 4 heteroatoms. The van der Waals surface area contributed by atoms with E-state index in [4.69, 9.17) is 5.73 Å². The Kier molecular flexibility index (Phi) is 3.87. The Morgan fingerprint density at radius 1 is 1.28 bits per heavy atom. The molecule has 1 aromatic heterocycles. The van der Waals surface area contributed by atoms with Crippen LogP contribution < -0.4 is 5.73 Å². The maximum atomic E-state index is 10.6. The highest BCUT2D eigenvalue weighted by atomic mass is 127. The number of nitrogen functional groups attached to an aromatic ring is 1. The van der Waals surface area contributed by atoms with Crippen molar-refractivity contribution in [3.8, 4) is 0 Å².